The van der Waals surface area contributed by atoms with Crippen LogP contribution >= 0.6 is 24.8 Å². The molecule has 0 N–H and O–H groups in total. The molecule has 0 radical (unpaired) electrons. The van der Waals surface area contributed by atoms with E-state index in [0.29, 0.717) is 9.52 Å². The third-order valence-electron chi connectivity index (χ3n) is 0. The van der Waals surface area contributed by atoms with Crippen LogP contribution in [0.4, 0.5) is 0 Å². The van der Waals surface area contributed by atoms with Crippen LogP contribution in [0.1, 0.15) is 0 Å². The topological polar surface area (TPSA) is 0 Å². The van der Waals surface area contributed by atoms with E-state index in [9.17, 15) is 0 Å². The summed E-state index contributed by atoms with van der Waals surface area (Å²) in [5.74, 6) is 0. The molecule has 0 amide bonds. The molecule has 0 saturated heterocycles. The first-order chi connectivity index (χ1) is 1.41. The fourth-order valence-electron chi connectivity index (χ4n) is 0. The van der Waals surface area contributed by atoms with E-state index in [1.165, 1.54) is 0 Å². The third kappa shape index (κ3) is 49.1. The molecule has 0 saturated carbocycles. The van der Waals surface area contributed by atoms with E-state index in [2.05, 4.69) is 13.1 Å². The fraction of sp³-hybridized carbons (Fsp3) is 1.00. The predicted molar refractivity (Wildman–Crippen MR) is 34.8 cm³/mol. The molecule has 0 atom stereocenters. The average Bonchev–Trinajstić information content (AvgIpc) is 0.918. The summed E-state index contributed by atoms with van der Waals surface area (Å²) < 4.78 is 0. The van der Waals surface area contributed by atoms with Gasteiger partial charge in [0.2, 0.25) is 0 Å². The summed E-state index contributed by atoms with van der Waals surface area (Å²) in [6.07, 6.45) is 0. The Bertz CT molecular complexity index is 11.5. The fourth-order valence-corrected chi connectivity index (χ4v) is 0. The predicted octanol–water partition coefficient (Wildman–Crippen LogP) is 1.09. The van der Waals surface area contributed by atoms with Crippen molar-refractivity contribution in [1.29, 1.82) is 0 Å². The molecule has 0 heterocycles. The molecule has 6 heavy (non-hydrogen) atoms. The summed E-state index contributed by atoms with van der Waals surface area (Å²) in [6, 6.07) is 0. The number of halogens is 2. The summed E-state index contributed by atoms with van der Waals surface area (Å²) in [5.41, 5.74) is 0. The molecule has 4 heteroatoms. The van der Waals surface area contributed by atoms with E-state index in [-0.39, 0.29) is 46.5 Å². The molecule has 0 aromatic carbocycles. The summed E-state index contributed by atoms with van der Waals surface area (Å²) in [6.45, 7) is 4.53. The van der Waals surface area contributed by atoms with Gasteiger partial charge < -0.3 is 0 Å². The maximum atomic E-state index is 2.26. The molecule has 0 aromatic rings. The Labute approximate surface area is 69.0 Å². The van der Waals surface area contributed by atoms with E-state index in [1.54, 1.807) is 0 Å². The van der Waals surface area contributed by atoms with Crippen LogP contribution in [0.5, 0.6) is 0 Å². The van der Waals surface area contributed by atoms with Gasteiger partial charge in [-0.25, -0.2) is 0 Å². The SMILES string of the molecule is C[SiH2]C.Cl.Cl.[Ti]. The number of hydrogen-bond acceptors (Lipinski definition) is 0. The summed E-state index contributed by atoms with van der Waals surface area (Å²) in [4.78, 5) is 0. The molecule has 0 aliphatic carbocycles. The Balaban J connectivity index is -0.00000000667. The van der Waals surface area contributed by atoms with Gasteiger partial charge in [-0.15, -0.1) is 24.8 Å². The van der Waals surface area contributed by atoms with Crippen molar-refractivity contribution in [3.05, 3.63) is 0 Å². The van der Waals surface area contributed by atoms with Crippen LogP contribution in [-0.4, -0.2) is 9.52 Å². The molecular weight excluding hydrogens is 171 g/mol. The first-order valence-electron chi connectivity index (χ1n) is 1.41. The zero-order valence-electron chi connectivity index (χ0n) is 4.02. The van der Waals surface area contributed by atoms with Crippen LogP contribution < -0.4 is 0 Å². The summed E-state index contributed by atoms with van der Waals surface area (Å²) in [5, 5.41) is 0. The Morgan fingerprint density at radius 1 is 1.00 bits per heavy atom. The molecular formula is C2H10Cl2SiTi. The normalized spacial score (nSPS) is 3.00. The van der Waals surface area contributed by atoms with Gasteiger partial charge in [0, 0.05) is 31.2 Å². The molecule has 0 nitrogen and oxygen atoms in total. The smallest absolute Gasteiger partial charge is 0.0135 e. The van der Waals surface area contributed by atoms with E-state index in [4.69, 9.17) is 0 Å². The zero-order valence-corrected chi connectivity index (χ0v) is 8.63. The molecule has 0 unspecified atom stereocenters. The van der Waals surface area contributed by atoms with Crippen molar-refractivity contribution in [2.24, 2.45) is 0 Å². The second kappa shape index (κ2) is 31.4. The minimum Gasteiger partial charge on any atom is -0.147 e. The van der Waals surface area contributed by atoms with Gasteiger partial charge in [-0.1, -0.05) is 13.1 Å². The van der Waals surface area contributed by atoms with Gasteiger partial charge in [-0.3, -0.25) is 0 Å². The molecule has 0 aliphatic heterocycles. The second-order valence-electron chi connectivity index (χ2n) is 0.707. The van der Waals surface area contributed by atoms with Crippen molar-refractivity contribution in [2.75, 3.05) is 0 Å². The van der Waals surface area contributed by atoms with Gasteiger partial charge in [-0.05, 0) is 0 Å². The summed E-state index contributed by atoms with van der Waals surface area (Å²) >= 11 is 0. The van der Waals surface area contributed by atoms with Gasteiger partial charge in [0.25, 0.3) is 0 Å². The largest absolute Gasteiger partial charge is 0.147 e. The van der Waals surface area contributed by atoms with Crippen molar-refractivity contribution in [2.45, 2.75) is 13.1 Å². The van der Waals surface area contributed by atoms with Crippen molar-refractivity contribution in [1.82, 2.24) is 0 Å². The molecule has 0 spiro atoms. The monoisotopic (exact) mass is 180 g/mol. The molecule has 0 fully saturated rings. The number of rotatable bonds is 0. The van der Waals surface area contributed by atoms with Crippen LogP contribution in [0.15, 0.2) is 0 Å². The van der Waals surface area contributed by atoms with Crippen molar-refractivity contribution in [3.8, 4) is 0 Å². The zero-order chi connectivity index (χ0) is 2.71. The average molecular weight is 181 g/mol. The van der Waals surface area contributed by atoms with Crippen molar-refractivity contribution >= 4 is 34.3 Å². The van der Waals surface area contributed by atoms with Gasteiger partial charge in [0.15, 0.2) is 0 Å². The first-order valence-corrected chi connectivity index (χ1v) is 4.24. The maximum Gasteiger partial charge on any atom is 0.0135 e. The molecule has 40 valence electrons. The molecule has 0 rings (SSSR count). The minimum atomic E-state index is 0. The summed E-state index contributed by atoms with van der Waals surface area (Å²) in [7, 11) is 0.417. The molecule has 0 aliphatic rings. The van der Waals surface area contributed by atoms with Gasteiger partial charge in [0.1, 0.15) is 0 Å². The maximum absolute atomic E-state index is 2.26. The van der Waals surface area contributed by atoms with Gasteiger partial charge >= 0.3 is 0 Å². The van der Waals surface area contributed by atoms with E-state index >= 15 is 0 Å². The Morgan fingerprint density at radius 3 is 1.00 bits per heavy atom. The van der Waals surface area contributed by atoms with Crippen LogP contribution in [-0.2, 0) is 21.7 Å². The third-order valence-corrected chi connectivity index (χ3v) is 0. The van der Waals surface area contributed by atoms with E-state index in [0.717, 1.165) is 0 Å². The standard InChI is InChI=1S/C2H8Si.2ClH.Ti/c1-3-2;;;/h3H2,1-2H3;2*1H;. The van der Waals surface area contributed by atoms with E-state index < -0.39 is 0 Å². The van der Waals surface area contributed by atoms with E-state index in [1.807, 2.05) is 0 Å². The van der Waals surface area contributed by atoms with Crippen LogP contribution in [0.25, 0.3) is 0 Å². The van der Waals surface area contributed by atoms with Crippen molar-refractivity contribution in [3.63, 3.8) is 0 Å². The van der Waals surface area contributed by atoms with Gasteiger partial charge in [-0.2, -0.15) is 0 Å². The Hall–Kier alpha value is 1.51. The quantitative estimate of drug-likeness (QED) is 0.490. The molecule has 0 bridgehead atoms. The first kappa shape index (κ1) is 25.8. The Kier molecular flexibility index (Phi) is 135. The van der Waals surface area contributed by atoms with Gasteiger partial charge in [0.05, 0.1) is 0 Å². The van der Waals surface area contributed by atoms with Crippen LogP contribution in [0.2, 0.25) is 13.1 Å². The second-order valence-corrected chi connectivity index (χ2v) is 2.12. The number of hydrogen-bond donors (Lipinski definition) is 0. The molecule has 0 aromatic heterocycles. The minimum absolute atomic E-state index is 0. The van der Waals surface area contributed by atoms with Crippen molar-refractivity contribution < 1.29 is 21.7 Å². The Morgan fingerprint density at radius 2 is 1.00 bits per heavy atom. The van der Waals surface area contributed by atoms with Crippen LogP contribution in [0.3, 0.4) is 0 Å². The van der Waals surface area contributed by atoms with Crippen LogP contribution in [0, 0.1) is 0 Å².